The number of hydrogen-bond acceptors (Lipinski definition) is 6. The fourth-order valence-corrected chi connectivity index (χ4v) is 3.38. The second-order valence-electron chi connectivity index (χ2n) is 6.59. The van der Waals surface area contributed by atoms with Gasteiger partial charge in [-0.3, -0.25) is 10.1 Å². The predicted molar refractivity (Wildman–Crippen MR) is 107 cm³/mol. The van der Waals surface area contributed by atoms with E-state index in [1.165, 1.54) is 24.3 Å². The van der Waals surface area contributed by atoms with Crippen LogP contribution in [0.3, 0.4) is 0 Å². The smallest absolute Gasteiger partial charge is 0.339 e. The number of cyclic esters (lactones) is 1. The number of ether oxygens (including phenoxy) is 2. The van der Waals surface area contributed by atoms with Gasteiger partial charge in [-0.1, -0.05) is 41.9 Å². The first-order valence-corrected chi connectivity index (χ1v) is 9.32. The molecule has 0 bridgehead atoms. The molecule has 1 aliphatic heterocycles. The Morgan fingerprint density at radius 2 is 1.70 bits per heavy atom. The second kappa shape index (κ2) is 7.96. The topological polar surface area (TPSA) is 95.7 Å². The zero-order valence-electron chi connectivity index (χ0n) is 15.4. The maximum Gasteiger partial charge on any atom is 0.339 e. The predicted octanol–water partition coefficient (Wildman–Crippen LogP) is 5.06. The van der Waals surface area contributed by atoms with Crippen molar-refractivity contribution in [1.82, 2.24) is 0 Å². The molecule has 0 radical (unpaired) electrons. The lowest BCUT2D eigenvalue weighted by molar-refractivity contribution is -0.384. The maximum absolute atomic E-state index is 12.8. The summed E-state index contributed by atoms with van der Waals surface area (Å²) in [4.78, 5) is 35.3. The van der Waals surface area contributed by atoms with Crippen LogP contribution in [0, 0.1) is 10.1 Å². The summed E-state index contributed by atoms with van der Waals surface area (Å²) < 4.78 is 11.3. The van der Waals surface area contributed by atoms with Gasteiger partial charge in [0.25, 0.3) is 5.69 Å². The van der Waals surface area contributed by atoms with E-state index in [4.69, 9.17) is 21.1 Å². The highest BCUT2D eigenvalue weighted by Gasteiger charge is 2.39. The SMILES string of the molecule is O=C(O[C@H](c1ccc(Cl)cc1)[C@@H]1OC(=O)c2ccccc21)c1ccc([N+](=O)[O-])cc1. The largest absolute Gasteiger partial charge is 0.450 e. The Hall–Kier alpha value is -3.71. The number of nitro groups is 1. The molecule has 0 unspecified atom stereocenters. The van der Waals surface area contributed by atoms with Gasteiger partial charge in [-0.15, -0.1) is 0 Å². The van der Waals surface area contributed by atoms with Crippen LogP contribution in [0.4, 0.5) is 5.69 Å². The van der Waals surface area contributed by atoms with Crippen molar-refractivity contribution in [3.05, 3.63) is 110 Å². The van der Waals surface area contributed by atoms with Crippen LogP contribution < -0.4 is 0 Å². The van der Waals surface area contributed by atoms with Crippen LogP contribution in [0.2, 0.25) is 5.02 Å². The number of carbonyl (C=O) groups is 2. The van der Waals surface area contributed by atoms with Crippen molar-refractivity contribution in [2.24, 2.45) is 0 Å². The highest BCUT2D eigenvalue weighted by atomic mass is 35.5. The molecule has 4 rings (SSSR count). The highest BCUT2D eigenvalue weighted by molar-refractivity contribution is 6.30. The summed E-state index contributed by atoms with van der Waals surface area (Å²) in [5.74, 6) is -1.20. The zero-order valence-corrected chi connectivity index (χ0v) is 16.1. The minimum Gasteiger partial charge on any atom is -0.450 e. The second-order valence-corrected chi connectivity index (χ2v) is 7.03. The Balaban J connectivity index is 1.68. The number of rotatable bonds is 5. The summed E-state index contributed by atoms with van der Waals surface area (Å²) in [6.07, 6.45) is -1.77. The van der Waals surface area contributed by atoms with E-state index >= 15 is 0 Å². The molecule has 150 valence electrons. The van der Waals surface area contributed by atoms with Crippen molar-refractivity contribution < 1.29 is 24.0 Å². The number of benzene rings is 3. The number of non-ortho nitro benzene ring substituents is 1. The lowest BCUT2D eigenvalue weighted by atomic mass is 9.96. The third-order valence-corrected chi connectivity index (χ3v) is 4.99. The van der Waals surface area contributed by atoms with Crippen LogP contribution >= 0.6 is 11.6 Å². The Bertz CT molecular complexity index is 1130. The van der Waals surface area contributed by atoms with Crippen molar-refractivity contribution in [1.29, 1.82) is 0 Å². The van der Waals surface area contributed by atoms with Crippen LogP contribution in [-0.2, 0) is 9.47 Å². The summed E-state index contributed by atoms with van der Waals surface area (Å²) in [6.45, 7) is 0. The molecule has 0 spiro atoms. The summed E-state index contributed by atoms with van der Waals surface area (Å²) in [5.41, 5.74) is 1.60. The van der Waals surface area contributed by atoms with Crippen molar-refractivity contribution in [2.45, 2.75) is 12.2 Å². The quantitative estimate of drug-likeness (QED) is 0.323. The lowest BCUT2D eigenvalue weighted by Crippen LogP contribution is -2.19. The van der Waals surface area contributed by atoms with E-state index in [0.717, 1.165) is 0 Å². The van der Waals surface area contributed by atoms with E-state index in [-0.39, 0.29) is 11.3 Å². The molecule has 1 heterocycles. The Morgan fingerprint density at radius 3 is 2.37 bits per heavy atom. The van der Waals surface area contributed by atoms with Gasteiger partial charge in [-0.2, -0.15) is 0 Å². The van der Waals surface area contributed by atoms with E-state index in [0.29, 0.717) is 21.7 Å². The summed E-state index contributed by atoms with van der Waals surface area (Å²) in [5, 5.41) is 11.3. The molecule has 0 aromatic heterocycles. The van der Waals surface area contributed by atoms with E-state index < -0.39 is 29.1 Å². The molecule has 8 heteroatoms. The Labute approximate surface area is 176 Å². The molecule has 1 aliphatic rings. The Morgan fingerprint density at radius 1 is 1.03 bits per heavy atom. The first-order valence-electron chi connectivity index (χ1n) is 8.95. The average Bonchev–Trinajstić information content (AvgIpc) is 3.09. The van der Waals surface area contributed by atoms with E-state index in [1.54, 1.807) is 48.5 Å². The van der Waals surface area contributed by atoms with Gasteiger partial charge in [0.2, 0.25) is 0 Å². The van der Waals surface area contributed by atoms with Gasteiger partial charge in [0.1, 0.15) is 0 Å². The number of carbonyl (C=O) groups excluding carboxylic acids is 2. The van der Waals surface area contributed by atoms with Crippen LogP contribution in [0.25, 0.3) is 0 Å². The molecule has 0 amide bonds. The summed E-state index contributed by atoms with van der Waals surface area (Å²) >= 11 is 5.97. The number of nitrogens with zero attached hydrogens (tertiary/aromatic N) is 1. The molecule has 0 saturated carbocycles. The third kappa shape index (κ3) is 3.75. The van der Waals surface area contributed by atoms with Gasteiger partial charge in [-0.25, -0.2) is 9.59 Å². The minimum absolute atomic E-state index is 0.136. The van der Waals surface area contributed by atoms with Crippen molar-refractivity contribution in [2.75, 3.05) is 0 Å². The lowest BCUT2D eigenvalue weighted by Gasteiger charge is -2.24. The zero-order chi connectivity index (χ0) is 21.3. The van der Waals surface area contributed by atoms with Crippen molar-refractivity contribution >= 4 is 29.2 Å². The van der Waals surface area contributed by atoms with Crippen LogP contribution in [0.15, 0.2) is 72.8 Å². The van der Waals surface area contributed by atoms with Gasteiger partial charge < -0.3 is 9.47 Å². The fourth-order valence-electron chi connectivity index (χ4n) is 3.26. The number of nitro benzene ring substituents is 1. The van der Waals surface area contributed by atoms with E-state index in [1.807, 2.05) is 0 Å². The molecule has 0 aliphatic carbocycles. The normalized spacial score (nSPS) is 15.8. The van der Waals surface area contributed by atoms with Gasteiger partial charge in [0.05, 0.1) is 16.1 Å². The molecule has 2 atom stereocenters. The monoisotopic (exact) mass is 423 g/mol. The number of hydrogen-bond donors (Lipinski definition) is 0. The third-order valence-electron chi connectivity index (χ3n) is 4.74. The summed E-state index contributed by atoms with van der Waals surface area (Å²) in [7, 11) is 0. The molecule has 3 aromatic carbocycles. The molecule has 0 N–H and O–H groups in total. The van der Waals surface area contributed by atoms with Crippen molar-refractivity contribution in [3.63, 3.8) is 0 Å². The molecule has 3 aromatic rings. The highest BCUT2D eigenvalue weighted by Crippen LogP contribution is 2.42. The molecule has 0 saturated heterocycles. The molecular weight excluding hydrogens is 410 g/mol. The summed E-state index contributed by atoms with van der Waals surface area (Å²) in [6, 6.07) is 18.6. The van der Waals surface area contributed by atoms with Gasteiger partial charge in [0.15, 0.2) is 12.2 Å². The maximum atomic E-state index is 12.8. The van der Waals surface area contributed by atoms with Gasteiger partial charge >= 0.3 is 11.9 Å². The van der Waals surface area contributed by atoms with Crippen LogP contribution in [0.5, 0.6) is 0 Å². The van der Waals surface area contributed by atoms with Gasteiger partial charge in [0, 0.05) is 22.7 Å². The standard InChI is InChI=1S/C22H14ClNO6/c23-15-9-5-13(6-10-15)19(20-17-3-1-2-4-18(17)22(26)30-20)29-21(25)14-7-11-16(12-8-14)24(27)28/h1-12,19-20H/t19-,20-/m1/s1. The van der Waals surface area contributed by atoms with Crippen LogP contribution in [-0.4, -0.2) is 16.9 Å². The number of fused-ring (bicyclic) bond motifs is 1. The van der Waals surface area contributed by atoms with Gasteiger partial charge in [-0.05, 0) is 35.9 Å². The average molecular weight is 424 g/mol. The first-order chi connectivity index (χ1) is 14.4. The molecule has 7 nitrogen and oxygen atoms in total. The molecule has 30 heavy (non-hydrogen) atoms. The number of esters is 2. The molecule has 0 fully saturated rings. The fraction of sp³-hybridized carbons (Fsp3) is 0.0909. The van der Waals surface area contributed by atoms with E-state index in [2.05, 4.69) is 0 Å². The Kier molecular flexibility index (Phi) is 5.20. The van der Waals surface area contributed by atoms with Crippen molar-refractivity contribution in [3.8, 4) is 0 Å². The minimum atomic E-state index is -0.933. The number of halogens is 1. The van der Waals surface area contributed by atoms with E-state index in [9.17, 15) is 19.7 Å². The van der Waals surface area contributed by atoms with Crippen LogP contribution in [0.1, 0.15) is 44.1 Å². The molecular formula is C22H14ClNO6. The first kappa shape index (κ1) is 19.6.